The van der Waals surface area contributed by atoms with Gasteiger partial charge in [-0.3, -0.25) is 4.79 Å². The first-order chi connectivity index (χ1) is 12.7. The van der Waals surface area contributed by atoms with Gasteiger partial charge < -0.3 is 15.2 Å². The summed E-state index contributed by atoms with van der Waals surface area (Å²) in [5, 5.41) is 18.9. The van der Waals surface area contributed by atoms with Gasteiger partial charge in [-0.1, -0.05) is 39.2 Å². The highest BCUT2D eigenvalue weighted by Gasteiger charge is 2.28. The highest BCUT2D eigenvalue weighted by atomic mass is 32.1. The molecule has 10 heteroatoms. The van der Waals surface area contributed by atoms with E-state index in [4.69, 9.17) is 5.53 Å². The number of hydrogen-bond donors (Lipinski definition) is 2. The maximum Gasteiger partial charge on any atom is 0.357 e. The topological polar surface area (TPSA) is 137 Å². The van der Waals surface area contributed by atoms with Crippen LogP contribution < -0.4 is 5.32 Å². The zero-order valence-electron chi connectivity index (χ0n) is 16.2. The van der Waals surface area contributed by atoms with Crippen LogP contribution in [0.25, 0.3) is 10.4 Å². The van der Waals surface area contributed by atoms with E-state index in [1.807, 2.05) is 27.7 Å². The zero-order valence-corrected chi connectivity index (χ0v) is 17.1. The number of azide groups is 1. The summed E-state index contributed by atoms with van der Waals surface area (Å²) in [5.41, 5.74) is 8.87. The van der Waals surface area contributed by atoms with Crippen molar-refractivity contribution < 1.29 is 19.4 Å². The number of carbonyl (C=O) groups is 2. The second kappa shape index (κ2) is 10.9. The summed E-state index contributed by atoms with van der Waals surface area (Å²) in [7, 11) is 1.26. The predicted molar refractivity (Wildman–Crippen MR) is 102 cm³/mol. The van der Waals surface area contributed by atoms with Crippen molar-refractivity contribution in [1.82, 2.24) is 10.3 Å². The van der Waals surface area contributed by atoms with Crippen molar-refractivity contribution in [3.05, 3.63) is 26.5 Å². The Kier molecular flexibility index (Phi) is 9.20. The number of carbonyl (C=O) groups excluding carboxylic acids is 2. The van der Waals surface area contributed by atoms with Crippen LogP contribution in [0.3, 0.4) is 0 Å². The summed E-state index contributed by atoms with van der Waals surface area (Å²) in [6.07, 6.45) is -0.0228. The Morgan fingerprint density at radius 3 is 2.63 bits per heavy atom. The van der Waals surface area contributed by atoms with Gasteiger partial charge in [0, 0.05) is 22.8 Å². The molecule has 0 aliphatic rings. The lowest BCUT2D eigenvalue weighted by Gasteiger charge is -2.27. The number of hydrogen-bond acceptors (Lipinski definition) is 7. The van der Waals surface area contributed by atoms with E-state index in [0.717, 1.165) is 11.3 Å². The Morgan fingerprint density at radius 2 is 2.11 bits per heavy atom. The third-order valence-corrected chi connectivity index (χ3v) is 5.38. The van der Waals surface area contributed by atoms with Crippen molar-refractivity contribution in [3.8, 4) is 0 Å². The lowest BCUT2D eigenvalue weighted by atomic mass is 9.95. The molecular weight excluding hydrogens is 370 g/mol. The molecule has 0 radical (unpaired) electrons. The molecule has 2 unspecified atom stereocenters. The molecule has 0 aliphatic heterocycles. The van der Waals surface area contributed by atoms with Crippen LogP contribution in [0.4, 0.5) is 0 Å². The second-order valence-corrected chi connectivity index (χ2v) is 7.60. The minimum absolute atomic E-state index is 0.0345. The largest absolute Gasteiger partial charge is 0.464 e. The zero-order chi connectivity index (χ0) is 20.6. The van der Waals surface area contributed by atoms with Gasteiger partial charge in [-0.2, -0.15) is 0 Å². The molecule has 0 bridgehead atoms. The molecule has 150 valence electrons. The summed E-state index contributed by atoms with van der Waals surface area (Å²) in [4.78, 5) is 30.9. The molecule has 0 aromatic carbocycles. The fraction of sp³-hybridized carbons (Fsp3) is 0.706. The van der Waals surface area contributed by atoms with Crippen LogP contribution >= 0.6 is 11.3 Å². The molecule has 9 nitrogen and oxygen atoms in total. The number of aliphatic hydroxyl groups excluding tert-OH is 1. The van der Waals surface area contributed by atoms with Gasteiger partial charge >= 0.3 is 5.97 Å². The van der Waals surface area contributed by atoms with Crippen molar-refractivity contribution in [2.75, 3.05) is 7.11 Å². The van der Waals surface area contributed by atoms with E-state index in [1.54, 1.807) is 0 Å². The van der Waals surface area contributed by atoms with Gasteiger partial charge in [-0.25, -0.2) is 9.78 Å². The number of methoxy groups -OCH3 is 1. The van der Waals surface area contributed by atoms with Gasteiger partial charge in [0.25, 0.3) is 0 Å². The summed E-state index contributed by atoms with van der Waals surface area (Å²) in [5.74, 6) is -0.987. The summed E-state index contributed by atoms with van der Waals surface area (Å²) in [6.45, 7) is 7.61. The molecule has 2 N–H and O–H groups in total. The number of aliphatic hydroxyl groups is 1. The Hall–Kier alpha value is -2.16. The molecule has 1 heterocycles. The lowest BCUT2D eigenvalue weighted by molar-refractivity contribution is -0.124. The lowest BCUT2D eigenvalue weighted by Crippen LogP contribution is -2.45. The monoisotopic (exact) mass is 397 g/mol. The molecule has 0 spiro atoms. The van der Waals surface area contributed by atoms with E-state index in [1.165, 1.54) is 12.5 Å². The van der Waals surface area contributed by atoms with Gasteiger partial charge in [-0.15, -0.1) is 11.3 Å². The van der Waals surface area contributed by atoms with E-state index >= 15 is 0 Å². The van der Waals surface area contributed by atoms with Crippen LogP contribution in [0.2, 0.25) is 0 Å². The maximum atomic E-state index is 12.6. The molecule has 0 aliphatic carbocycles. The Bertz CT molecular complexity index is 687. The molecule has 4 atom stereocenters. The van der Waals surface area contributed by atoms with Crippen LogP contribution in [0.15, 0.2) is 10.5 Å². The number of nitrogens with zero attached hydrogens (tertiary/aromatic N) is 4. The first-order valence-corrected chi connectivity index (χ1v) is 9.69. The van der Waals surface area contributed by atoms with Crippen molar-refractivity contribution in [3.63, 3.8) is 0 Å². The van der Waals surface area contributed by atoms with Crippen molar-refractivity contribution in [1.29, 1.82) is 0 Å². The predicted octanol–water partition coefficient (Wildman–Crippen LogP) is 3.22. The van der Waals surface area contributed by atoms with Gasteiger partial charge in [0.1, 0.15) is 17.2 Å². The van der Waals surface area contributed by atoms with E-state index < -0.39 is 18.1 Å². The number of rotatable bonds is 10. The molecule has 0 fully saturated rings. The third kappa shape index (κ3) is 6.50. The Morgan fingerprint density at radius 1 is 1.44 bits per heavy atom. The molecular formula is C17H27N5O4S. The number of amides is 1. The Labute approximate surface area is 162 Å². The van der Waals surface area contributed by atoms with E-state index in [0.29, 0.717) is 11.4 Å². The molecule has 1 aromatic rings. The number of thiazole rings is 1. The Balaban J connectivity index is 2.86. The normalized spacial score (nSPS) is 15.4. The molecule has 0 saturated heterocycles. The average Bonchev–Trinajstić information content (AvgIpc) is 3.14. The molecule has 1 rings (SSSR count). The highest BCUT2D eigenvalue weighted by Crippen LogP contribution is 2.25. The smallest absolute Gasteiger partial charge is 0.357 e. The van der Waals surface area contributed by atoms with E-state index in [-0.39, 0.29) is 35.9 Å². The quantitative estimate of drug-likeness (QED) is 0.270. The molecule has 1 aromatic heterocycles. The minimum atomic E-state index is -0.942. The van der Waals surface area contributed by atoms with Gasteiger partial charge in [0.05, 0.1) is 7.11 Å². The van der Waals surface area contributed by atoms with E-state index in [9.17, 15) is 14.7 Å². The van der Waals surface area contributed by atoms with Crippen LogP contribution in [-0.2, 0) is 9.53 Å². The van der Waals surface area contributed by atoms with Gasteiger partial charge in [-0.05, 0) is 17.4 Å². The molecule has 1 amide bonds. The van der Waals surface area contributed by atoms with E-state index in [2.05, 4.69) is 25.1 Å². The summed E-state index contributed by atoms with van der Waals surface area (Å²) >= 11 is 1.16. The van der Waals surface area contributed by atoms with Gasteiger partial charge in [0.15, 0.2) is 5.69 Å². The van der Waals surface area contributed by atoms with Crippen LogP contribution in [0.1, 0.15) is 62.1 Å². The van der Waals surface area contributed by atoms with Crippen molar-refractivity contribution in [2.24, 2.45) is 17.0 Å². The molecule has 0 saturated carbocycles. The fourth-order valence-corrected chi connectivity index (χ4v) is 3.24. The number of nitrogens with one attached hydrogen (secondary N) is 1. The van der Waals surface area contributed by atoms with Crippen molar-refractivity contribution >= 4 is 23.2 Å². The number of ether oxygens (including phenoxy) is 1. The standard InChI is InChI=1S/C17H27N5O4S/c1-6-10(4)14(21-22-18)15(24)19-11(9(2)3)7-13(23)16-20-12(8-27-16)17(25)26-5/h8-11,13-14,23H,6-7H2,1-5H3,(H,19,24)/t10?,11-,13-,14?/m1/s1. The maximum absolute atomic E-state index is 12.6. The SMILES string of the molecule is CCC(C)C(N=[N+]=[N-])C(=O)N[C@H](C[C@@H](O)c1nc(C(=O)OC)cs1)C(C)C. The first kappa shape index (κ1) is 22.9. The second-order valence-electron chi connectivity index (χ2n) is 6.71. The first-order valence-electron chi connectivity index (χ1n) is 8.81. The number of esters is 1. The fourth-order valence-electron chi connectivity index (χ4n) is 2.45. The van der Waals surface area contributed by atoms with Crippen LogP contribution in [0.5, 0.6) is 0 Å². The average molecular weight is 398 g/mol. The van der Waals surface area contributed by atoms with Crippen LogP contribution in [-0.4, -0.2) is 41.2 Å². The summed E-state index contributed by atoms with van der Waals surface area (Å²) in [6, 6.07) is -1.15. The third-order valence-electron chi connectivity index (χ3n) is 4.44. The molecule has 27 heavy (non-hydrogen) atoms. The van der Waals surface area contributed by atoms with Gasteiger partial charge in [0.2, 0.25) is 5.91 Å². The number of aromatic nitrogens is 1. The summed E-state index contributed by atoms with van der Waals surface area (Å²) < 4.78 is 4.61. The minimum Gasteiger partial charge on any atom is -0.464 e. The highest BCUT2D eigenvalue weighted by molar-refractivity contribution is 7.09. The van der Waals surface area contributed by atoms with Crippen molar-refractivity contribution in [2.45, 2.75) is 58.7 Å². The van der Waals surface area contributed by atoms with Crippen LogP contribution in [0, 0.1) is 11.8 Å².